The number of cyclic esters (lactones) is 1. The molecule has 4 heterocycles. The number of aliphatic hydroxyl groups excluding tert-OH is 1. The van der Waals surface area contributed by atoms with Crippen molar-refractivity contribution in [2.24, 2.45) is 11.8 Å². The molecular weight excluding hydrogens is 472 g/mol. The number of carbonyl (C=O) groups is 3. The molecule has 0 bridgehead atoms. The Kier molecular flexibility index (Phi) is 9.11. The maximum Gasteiger partial charge on any atom is 0.313 e. The largest absolute Gasteiger partial charge is 0.465 e. The van der Waals surface area contributed by atoms with Gasteiger partial charge in [0.05, 0.1) is 18.1 Å². The van der Waals surface area contributed by atoms with Gasteiger partial charge in [0.1, 0.15) is 17.6 Å². The molecular formula is C29H44N2O6. The van der Waals surface area contributed by atoms with Crippen molar-refractivity contribution in [3.63, 3.8) is 0 Å². The van der Waals surface area contributed by atoms with E-state index in [0.717, 1.165) is 64.2 Å². The van der Waals surface area contributed by atoms with Crippen LogP contribution < -0.4 is 0 Å². The zero-order chi connectivity index (χ0) is 26.5. The van der Waals surface area contributed by atoms with Crippen molar-refractivity contribution in [1.29, 1.82) is 0 Å². The van der Waals surface area contributed by atoms with Crippen LogP contribution in [0.15, 0.2) is 24.3 Å². The number of esters is 1. The number of hydrogen-bond acceptors (Lipinski definition) is 6. The summed E-state index contributed by atoms with van der Waals surface area (Å²) in [5.74, 6) is -2.35. The fourth-order valence-corrected chi connectivity index (χ4v) is 6.59. The van der Waals surface area contributed by atoms with Crippen LogP contribution in [0.2, 0.25) is 0 Å². The summed E-state index contributed by atoms with van der Waals surface area (Å²) in [4.78, 5) is 45.3. The Balaban J connectivity index is 1.71. The highest BCUT2D eigenvalue weighted by Gasteiger charge is 2.74. The lowest BCUT2D eigenvalue weighted by atomic mass is 9.74. The number of aliphatic hydroxyl groups is 1. The first-order valence-electron chi connectivity index (χ1n) is 14.3. The molecule has 2 saturated heterocycles. The first-order chi connectivity index (χ1) is 17.9. The fraction of sp³-hybridized carbons (Fsp3) is 0.759. The van der Waals surface area contributed by atoms with Crippen LogP contribution in [0.5, 0.6) is 0 Å². The third-order valence-corrected chi connectivity index (χ3v) is 8.42. The molecule has 0 aromatic heterocycles. The lowest BCUT2D eigenvalue weighted by Gasteiger charge is -2.37. The Hall–Kier alpha value is -2.19. The molecule has 4 aliphatic heterocycles. The standard InChI is InChI=1S/C29H44N2O6/c1-3-4-10-17-30-18-14-16-29-22(23-27(35)36-21-13-8-5-9-15-28(23,2)37-29)25(33)31(24(29)26(30)34)19-11-6-7-12-20-32/h9,14-16,22-24,32H,3-8,10-13,17-21H2,1-2H3/b15-9-/t22-,23-,24?,28+,29-/m0/s1. The topological polar surface area (TPSA) is 96.4 Å². The number of carbonyl (C=O) groups excluding carboxylic acids is 3. The number of unbranched alkanes of at least 4 members (excludes halogenated alkanes) is 5. The van der Waals surface area contributed by atoms with Gasteiger partial charge in [-0.3, -0.25) is 14.4 Å². The van der Waals surface area contributed by atoms with E-state index >= 15 is 0 Å². The summed E-state index contributed by atoms with van der Waals surface area (Å²) in [7, 11) is 0. The maximum atomic E-state index is 14.2. The number of rotatable bonds is 10. The zero-order valence-corrected chi connectivity index (χ0v) is 22.5. The van der Waals surface area contributed by atoms with Crippen LogP contribution in [0.25, 0.3) is 0 Å². The molecule has 37 heavy (non-hydrogen) atoms. The number of ether oxygens (including phenoxy) is 2. The average Bonchev–Trinajstić information content (AvgIpc) is 3.20. The lowest BCUT2D eigenvalue weighted by Crippen LogP contribution is -2.56. The number of allylic oxidation sites excluding steroid dienone is 1. The van der Waals surface area contributed by atoms with E-state index in [-0.39, 0.29) is 18.4 Å². The minimum atomic E-state index is -1.21. The van der Waals surface area contributed by atoms with Crippen LogP contribution in [0.3, 0.4) is 0 Å². The van der Waals surface area contributed by atoms with E-state index in [2.05, 4.69) is 6.92 Å². The summed E-state index contributed by atoms with van der Waals surface area (Å²) >= 11 is 0. The fourth-order valence-electron chi connectivity index (χ4n) is 6.59. The highest BCUT2D eigenvalue weighted by Crippen LogP contribution is 2.57. The molecule has 2 amide bonds. The minimum Gasteiger partial charge on any atom is -0.465 e. The quantitative estimate of drug-likeness (QED) is 0.272. The van der Waals surface area contributed by atoms with Gasteiger partial charge in [-0.25, -0.2) is 0 Å². The second-order valence-corrected chi connectivity index (χ2v) is 11.1. The number of fused-ring (bicyclic) bond motifs is 2. The molecule has 8 nitrogen and oxygen atoms in total. The van der Waals surface area contributed by atoms with Gasteiger partial charge in [0, 0.05) is 26.2 Å². The predicted octanol–water partition coefficient (Wildman–Crippen LogP) is 3.38. The molecule has 0 radical (unpaired) electrons. The first kappa shape index (κ1) is 27.8. The summed E-state index contributed by atoms with van der Waals surface area (Å²) in [5, 5.41) is 9.12. The summed E-state index contributed by atoms with van der Waals surface area (Å²) in [5.41, 5.74) is -2.25. The van der Waals surface area contributed by atoms with Crippen LogP contribution in [0.4, 0.5) is 0 Å². The van der Waals surface area contributed by atoms with Gasteiger partial charge in [0.25, 0.3) is 0 Å². The average molecular weight is 517 g/mol. The SMILES string of the molecule is CCCCCN1CC=C[C@]23O[C@]4(C)/C=C\CCCCOC(=O)[C@@H]4[C@H]2C(=O)N(CCCCCCO)C3C1=O. The molecule has 4 rings (SSSR count). The molecule has 206 valence electrons. The maximum absolute atomic E-state index is 14.2. The Morgan fingerprint density at radius 3 is 2.51 bits per heavy atom. The van der Waals surface area contributed by atoms with Gasteiger partial charge in [0.15, 0.2) is 0 Å². The van der Waals surface area contributed by atoms with Gasteiger partial charge in [0.2, 0.25) is 11.8 Å². The van der Waals surface area contributed by atoms with Gasteiger partial charge in [-0.2, -0.15) is 0 Å². The number of likely N-dealkylation sites (tertiary alicyclic amines) is 1. The highest BCUT2D eigenvalue weighted by atomic mass is 16.6. The second kappa shape index (κ2) is 12.1. The first-order valence-corrected chi connectivity index (χ1v) is 14.3. The van der Waals surface area contributed by atoms with E-state index in [4.69, 9.17) is 14.6 Å². The van der Waals surface area contributed by atoms with Crippen LogP contribution in [0.1, 0.15) is 78.1 Å². The normalized spacial score (nSPS) is 34.6. The summed E-state index contributed by atoms with van der Waals surface area (Å²) in [6.45, 7) is 5.99. The number of amides is 2. The molecule has 0 aromatic rings. The lowest BCUT2D eigenvalue weighted by molar-refractivity contribution is -0.160. The Morgan fingerprint density at radius 1 is 0.946 bits per heavy atom. The summed E-state index contributed by atoms with van der Waals surface area (Å²) in [6.07, 6.45) is 16.5. The van der Waals surface area contributed by atoms with Crippen molar-refractivity contribution in [3.05, 3.63) is 24.3 Å². The molecule has 0 aliphatic carbocycles. The van der Waals surface area contributed by atoms with Gasteiger partial charge in [-0.05, 0) is 45.4 Å². The van der Waals surface area contributed by atoms with Gasteiger partial charge in [-0.15, -0.1) is 0 Å². The van der Waals surface area contributed by atoms with E-state index in [0.29, 0.717) is 26.2 Å². The van der Waals surface area contributed by atoms with Gasteiger partial charge < -0.3 is 24.4 Å². The number of hydrogen-bond donors (Lipinski definition) is 1. The van der Waals surface area contributed by atoms with Crippen LogP contribution in [-0.2, 0) is 23.9 Å². The van der Waals surface area contributed by atoms with Crippen LogP contribution in [0, 0.1) is 11.8 Å². The minimum absolute atomic E-state index is 0.100. The Bertz CT molecular complexity index is 903. The monoisotopic (exact) mass is 516 g/mol. The molecule has 1 N–H and O–H groups in total. The van der Waals surface area contributed by atoms with Crippen molar-refractivity contribution in [1.82, 2.24) is 9.80 Å². The Morgan fingerprint density at radius 2 is 1.73 bits per heavy atom. The van der Waals surface area contributed by atoms with E-state index in [1.54, 1.807) is 4.90 Å². The molecule has 5 atom stereocenters. The van der Waals surface area contributed by atoms with Crippen molar-refractivity contribution in [2.75, 3.05) is 32.8 Å². The van der Waals surface area contributed by atoms with E-state index in [1.165, 1.54) is 0 Å². The molecule has 4 aliphatic rings. The predicted molar refractivity (Wildman–Crippen MR) is 139 cm³/mol. The van der Waals surface area contributed by atoms with Gasteiger partial charge in [-0.1, -0.05) is 56.9 Å². The van der Waals surface area contributed by atoms with Gasteiger partial charge >= 0.3 is 5.97 Å². The molecule has 1 spiro atoms. The Labute approximate surface area is 221 Å². The smallest absolute Gasteiger partial charge is 0.313 e. The summed E-state index contributed by atoms with van der Waals surface area (Å²) < 4.78 is 12.5. The third kappa shape index (κ3) is 5.37. The van der Waals surface area contributed by atoms with E-state index < -0.39 is 35.0 Å². The van der Waals surface area contributed by atoms with Crippen molar-refractivity contribution in [3.8, 4) is 0 Å². The molecule has 0 aromatic carbocycles. The third-order valence-electron chi connectivity index (χ3n) is 8.42. The second-order valence-electron chi connectivity index (χ2n) is 11.1. The highest BCUT2D eigenvalue weighted by molar-refractivity contribution is 5.99. The molecule has 0 saturated carbocycles. The van der Waals surface area contributed by atoms with Crippen LogP contribution >= 0.6 is 0 Å². The van der Waals surface area contributed by atoms with E-state index in [1.807, 2.05) is 36.1 Å². The molecule has 1 unspecified atom stereocenters. The zero-order valence-electron chi connectivity index (χ0n) is 22.5. The van der Waals surface area contributed by atoms with Crippen molar-refractivity contribution in [2.45, 2.75) is 95.3 Å². The molecule has 8 heteroatoms. The summed E-state index contributed by atoms with van der Waals surface area (Å²) in [6, 6.07) is -0.807. The molecule has 2 fully saturated rings. The van der Waals surface area contributed by atoms with E-state index in [9.17, 15) is 14.4 Å². The van der Waals surface area contributed by atoms with Crippen molar-refractivity contribution >= 4 is 17.8 Å². The van der Waals surface area contributed by atoms with Crippen molar-refractivity contribution < 1.29 is 29.0 Å². The number of nitrogens with zero attached hydrogens (tertiary/aromatic N) is 2. The van der Waals surface area contributed by atoms with Crippen LogP contribution in [-0.4, -0.2) is 82.8 Å².